The molecule has 4 nitrogen and oxygen atoms in total. The predicted octanol–water partition coefficient (Wildman–Crippen LogP) is 1.88. The molecule has 2 rings (SSSR count). The highest BCUT2D eigenvalue weighted by molar-refractivity contribution is 8.00. The molecule has 1 aromatic carbocycles. The third-order valence-electron chi connectivity index (χ3n) is 3.15. The Hall–Kier alpha value is -1.20. The monoisotopic (exact) mass is 280 g/mol. The average Bonchev–Trinajstić information content (AvgIpc) is 2.80. The fourth-order valence-electron chi connectivity index (χ4n) is 2.20. The van der Waals surface area contributed by atoms with E-state index in [-0.39, 0.29) is 11.3 Å². The molecule has 0 saturated carbocycles. The second kappa shape index (κ2) is 6.82. The molecular weight excluding hydrogens is 260 g/mol. The van der Waals surface area contributed by atoms with E-state index in [1.165, 1.54) is 0 Å². The van der Waals surface area contributed by atoms with Crippen molar-refractivity contribution in [2.24, 2.45) is 0 Å². The molecule has 5 heteroatoms. The summed E-state index contributed by atoms with van der Waals surface area (Å²) in [4.78, 5) is 13.9. The predicted molar refractivity (Wildman–Crippen MR) is 78.4 cm³/mol. The second-order valence-corrected chi connectivity index (χ2v) is 5.41. The molecule has 1 heterocycles. The molecule has 0 radical (unpaired) electrons. The van der Waals surface area contributed by atoms with E-state index in [0.29, 0.717) is 5.75 Å². The number of nitrogens with one attached hydrogen (secondary N) is 1. The highest BCUT2D eigenvalue weighted by atomic mass is 32.2. The third kappa shape index (κ3) is 3.22. The Labute approximate surface area is 118 Å². The van der Waals surface area contributed by atoms with E-state index in [1.54, 1.807) is 18.9 Å². The van der Waals surface area contributed by atoms with Gasteiger partial charge in [-0.1, -0.05) is 25.1 Å². The Bertz CT molecular complexity index is 439. The fraction of sp³-hybridized carbons (Fsp3) is 0.500. The molecule has 1 fully saturated rings. The first-order valence-corrected chi connectivity index (χ1v) is 7.57. The van der Waals surface area contributed by atoms with Gasteiger partial charge < -0.3 is 15.0 Å². The van der Waals surface area contributed by atoms with Gasteiger partial charge in [-0.15, -0.1) is 11.8 Å². The first-order valence-electron chi connectivity index (χ1n) is 6.52. The van der Waals surface area contributed by atoms with Gasteiger partial charge >= 0.3 is 0 Å². The summed E-state index contributed by atoms with van der Waals surface area (Å²) in [6.07, 6.45) is 0. The molecule has 1 amide bonds. The topological polar surface area (TPSA) is 41.6 Å². The highest BCUT2D eigenvalue weighted by Crippen LogP contribution is 2.41. The van der Waals surface area contributed by atoms with Gasteiger partial charge in [0.05, 0.1) is 12.9 Å². The number of rotatable bonds is 6. The zero-order valence-corrected chi connectivity index (χ0v) is 12.2. The lowest BCUT2D eigenvalue weighted by Crippen LogP contribution is -2.35. The SMILES string of the molecule is CCNCCN1C(=O)CS[C@H]1c1ccccc1OC. The molecule has 0 aromatic heterocycles. The molecule has 0 unspecified atom stereocenters. The maximum absolute atomic E-state index is 12.0. The van der Waals surface area contributed by atoms with Crippen molar-refractivity contribution in [1.82, 2.24) is 10.2 Å². The highest BCUT2D eigenvalue weighted by Gasteiger charge is 2.33. The molecule has 1 saturated heterocycles. The van der Waals surface area contributed by atoms with Crippen molar-refractivity contribution >= 4 is 17.7 Å². The van der Waals surface area contributed by atoms with E-state index in [4.69, 9.17) is 4.74 Å². The summed E-state index contributed by atoms with van der Waals surface area (Å²) in [7, 11) is 1.67. The van der Waals surface area contributed by atoms with Crippen LogP contribution in [0.2, 0.25) is 0 Å². The first kappa shape index (κ1) is 14.2. The molecule has 0 spiro atoms. The van der Waals surface area contributed by atoms with Crippen molar-refractivity contribution in [3.8, 4) is 5.75 Å². The van der Waals surface area contributed by atoms with E-state index < -0.39 is 0 Å². The number of thioether (sulfide) groups is 1. The van der Waals surface area contributed by atoms with E-state index in [1.807, 2.05) is 29.2 Å². The fourth-order valence-corrected chi connectivity index (χ4v) is 3.44. The number of likely N-dealkylation sites (N-methyl/N-ethyl adjacent to an activating group) is 1. The van der Waals surface area contributed by atoms with Crippen molar-refractivity contribution in [2.45, 2.75) is 12.3 Å². The molecule has 19 heavy (non-hydrogen) atoms. The van der Waals surface area contributed by atoms with Crippen LogP contribution < -0.4 is 10.1 Å². The Morgan fingerprint density at radius 2 is 2.26 bits per heavy atom. The molecule has 1 aliphatic rings. The Morgan fingerprint density at radius 3 is 3.00 bits per heavy atom. The third-order valence-corrected chi connectivity index (χ3v) is 4.39. The summed E-state index contributed by atoms with van der Waals surface area (Å²) < 4.78 is 5.40. The van der Waals surface area contributed by atoms with Gasteiger partial charge in [0.2, 0.25) is 5.91 Å². The minimum atomic E-state index is 0.0716. The van der Waals surface area contributed by atoms with Crippen LogP contribution in [0.5, 0.6) is 5.75 Å². The van der Waals surface area contributed by atoms with E-state index in [2.05, 4.69) is 12.2 Å². The summed E-state index contributed by atoms with van der Waals surface area (Å²) >= 11 is 1.67. The normalized spacial score (nSPS) is 18.9. The number of carbonyl (C=O) groups is 1. The van der Waals surface area contributed by atoms with Gasteiger partial charge in [0, 0.05) is 18.7 Å². The van der Waals surface area contributed by atoms with Crippen molar-refractivity contribution < 1.29 is 9.53 Å². The van der Waals surface area contributed by atoms with Crippen LogP contribution in [-0.2, 0) is 4.79 Å². The average molecular weight is 280 g/mol. The van der Waals surface area contributed by atoms with E-state index in [9.17, 15) is 4.79 Å². The summed E-state index contributed by atoms with van der Waals surface area (Å²) in [5.41, 5.74) is 1.08. The minimum absolute atomic E-state index is 0.0716. The Balaban J connectivity index is 2.15. The lowest BCUT2D eigenvalue weighted by atomic mass is 10.2. The summed E-state index contributed by atoms with van der Waals surface area (Å²) in [5.74, 6) is 1.61. The minimum Gasteiger partial charge on any atom is -0.496 e. The lowest BCUT2D eigenvalue weighted by Gasteiger charge is -2.25. The number of hydrogen-bond acceptors (Lipinski definition) is 4. The Morgan fingerprint density at radius 1 is 1.47 bits per heavy atom. The van der Waals surface area contributed by atoms with Crippen LogP contribution in [0, 0.1) is 0 Å². The van der Waals surface area contributed by atoms with Gasteiger partial charge in [-0.05, 0) is 12.6 Å². The maximum atomic E-state index is 12.0. The van der Waals surface area contributed by atoms with Crippen molar-refractivity contribution in [1.29, 1.82) is 0 Å². The van der Waals surface area contributed by atoms with Crippen LogP contribution in [0.1, 0.15) is 17.9 Å². The molecule has 1 aromatic rings. The Kier molecular flexibility index (Phi) is 5.10. The van der Waals surface area contributed by atoms with Crippen LogP contribution in [0.15, 0.2) is 24.3 Å². The number of para-hydroxylation sites is 1. The van der Waals surface area contributed by atoms with Crippen LogP contribution in [0.3, 0.4) is 0 Å². The standard InChI is InChI=1S/C14H20N2O2S/c1-3-15-8-9-16-13(17)10-19-14(16)11-6-4-5-7-12(11)18-2/h4-7,14-15H,3,8-10H2,1-2H3/t14-/m0/s1. The van der Waals surface area contributed by atoms with Gasteiger partial charge in [-0.25, -0.2) is 0 Å². The summed E-state index contributed by atoms with van der Waals surface area (Å²) in [6.45, 7) is 4.56. The molecule has 1 N–H and O–H groups in total. The number of methoxy groups -OCH3 is 1. The van der Waals surface area contributed by atoms with E-state index in [0.717, 1.165) is 30.9 Å². The number of nitrogens with zero attached hydrogens (tertiary/aromatic N) is 1. The summed E-state index contributed by atoms with van der Waals surface area (Å²) in [6, 6.07) is 7.92. The molecular formula is C14H20N2O2S. The van der Waals surface area contributed by atoms with Crippen molar-refractivity contribution in [3.63, 3.8) is 0 Å². The van der Waals surface area contributed by atoms with Crippen LogP contribution >= 0.6 is 11.8 Å². The number of benzene rings is 1. The van der Waals surface area contributed by atoms with Gasteiger partial charge in [0.1, 0.15) is 11.1 Å². The van der Waals surface area contributed by atoms with Crippen LogP contribution in [0.25, 0.3) is 0 Å². The van der Waals surface area contributed by atoms with E-state index >= 15 is 0 Å². The molecule has 0 bridgehead atoms. The van der Waals surface area contributed by atoms with Gasteiger partial charge in [-0.3, -0.25) is 4.79 Å². The van der Waals surface area contributed by atoms with Crippen LogP contribution in [-0.4, -0.2) is 43.3 Å². The van der Waals surface area contributed by atoms with Crippen molar-refractivity contribution in [3.05, 3.63) is 29.8 Å². The largest absolute Gasteiger partial charge is 0.496 e. The molecule has 1 atom stereocenters. The molecule has 0 aliphatic carbocycles. The zero-order chi connectivity index (χ0) is 13.7. The quantitative estimate of drug-likeness (QED) is 0.808. The number of carbonyl (C=O) groups excluding carboxylic acids is 1. The van der Waals surface area contributed by atoms with Gasteiger partial charge in [0.15, 0.2) is 0 Å². The number of ether oxygens (including phenoxy) is 1. The zero-order valence-electron chi connectivity index (χ0n) is 11.4. The molecule has 104 valence electrons. The smallest absolute Gasteiger partial charge is 0.233 e. The second-order valence-electron chi connectivity index (χ2n) is 4.35. The lowest BCUT2D eigenvalue weighted by molar-refractivity contribution is -0.128. The number of amides is 1. The maximum Gasteiger partial charge on any atom is 0.233 e. The first-order chi connectivity index (χ1) is 9.27. The van der Waals surface area contributed by atoms with Gasteiger partial charge in [-0.2, -0.15) is 0 Å². The number of hydrogen-bond donors (Lipinski definition) is 1. The van der Waals surface area contributed by atoms with Crippen LogP contribution in [0.4, 0.5) is 0 Å². The molecule has 1 aliphatic heterocycles. The van der Waals surface area contributed by atoms with Gasteiger partial charge in [0.25, 0.3) is 0 Å². The summed E-state index contributed by atoms with van der Waals surface area (Å²) in [5, 5.41) is 3.33. The van der Waals surface area contributed by atoms with Crippen molar-refractivity contribution in [2.75, 3.05) is 32.5 Å².